The van der Waals surface area contributed by atoms with E-state index in [2.05, 4.69) is 10.6 Å². The first kappa shape index (κ1) is 14.2. The van der Waals surface area contributed by atoms with E-state index < -0.39 is 5.92 Å². The van der Waals surface area contributed by atoms with Crippen LogP contribution in [0.1, 0.15) is 57.8 Å². The van der Waals surface area contributed by atoms with Crippen molar-refractivity contribution in [1.29, 1.82) is 0 Å². The van der Waals surface area contributed by atoms with E-state index in [1.807, 2.05) is 0 Å². The molecule has 1 amide bonds. The topological polar surface area (TPSA) is 41.1 Å². The molecule has 20 heavy (non-hydrogen) atoms. The zero-order chi connectivity index (χ0) is 14.2. The van der Waals surface area contributed by atoms with Gasteiger partial charge in [-0.2, -0.15) is 0 Å². The number of hydrogen-bond acceptors (Lipinski definition) is 2. The molecule has 2 aliphatic carbocycles. The largest absolute Gasteiger partial charge is 0.353 e. The summed E-state index contributed by atoms with van der Waals surface area (Å²) in [6, 6.07) is 0.228. The lowest BCUT2D eigenvalue weighted by atomic mass is 9.70. The van der Waals surface area contributed by atoms with Crippen molar-refractivity contribution in [3.8, 4) is 0 Å². The molecule has 0 aromatic carbocycles. The highest BCUT2D eigenvalue weighted by molar-refractivity contribution is 5.79. The third-order valence-corrected chi connectivity index (χ3v) is 5.37. The van der Waals surface area contributed by atoms with Gasteiger partial charge in [0.15, 0.2) is 0 Å². The van der Waals surface area contributed by atoms with E-state index >= 15 is 0 Å². The molecule has 0 aromatic heterocycles. The number of piperidine rings is 1. The molecule has 1 spiro atoms. The first-order valence-corrected chi connectivity index (χ1v) is 7.91. The summed E-state index contributed by atoms with van der Waals surface area (Å²) in [5, 5.41) is 6.69. The maximum absolute atomic E-state index is 13.1. The van der Waals surface area contributed by atoms with Crippen LogP contribution >= 0.6 is 0 Å². The quantitative estimate of drug-likeness (QED) is 0.819. The molecule has 1 saturated heterocycles. The van der Waals surface area contributed by atoms with Crippen LogP contribution in [0.5, 0.6) is 0 Å². The predicted octanol–water partition coefficient (Wildman–Crippen LogP) is 2.60. The standard InChI is InChI=1S/C15H24F2N2O/c16-15(17)7-2-11(3-8-15)13(20)19-12-4-9-18-14(10-12)5-1-6-14/h11-12,18H,1-10H2,(H,19,20). The summed E-state index contributed by atoms with van der Waals surface area (Å²) in [5.41, 5.74) is 0.260. The summed E-state index contributed by atoms with van der Waals surface area (Å²) >= 11 is 0. The number of hydrogen-bond donors (Lipinski definition) is 2. The number of halogens is 2. The van der Waals surface area contributed by atoms with Crippen LogP contribution in [0.4, 0.5) is 8.78 Å². The fraction of sp³-hybridized carbons (Fsp3) is 0.933. The maximum Gasteiger partial charge on any atom is 0.248 e. The van der Waals surface area contributed by atoms with Crippen molar-refractivity contribution in [2.45, 2.75) is 75.3 Å². The molecule has 1 heterocycles. The smallest absolute Gasteiger partial charge is 0.248 e. The van der Waals surface area contributed by atoms with Crippen LogP contribution < -0.4 is 10.6 Å². The van der Waals surface area contributed by atoms with Crippen LogP contribution in [0.15, 0.2) is 0 Å². The van der Waals surface area contributed by atoms with Crippen molar-refractivity contribution in [1.82, 2.24) is 10.6 Å². The van der Waals surface area contributed by atoms with E-state index in [9.17, 15) is 13.6 Å². The van der Waals surface area contributed by atoms with Crippen LogP contribution in [0, 0.1) is 5.92 Å². The second-order valence-electron chi connectivity index (χ2n) is 6.89. The second-order valence-corrected chi connectivity index (χ2v) is 6.89. The van der Waals surface area contributed by atoms with E-state index in [1.165, 1.54) is 19.3 Å². The number of carbonyl (C=O) groups excluding carboxylic acids is 1. The molecule has 2 N–H and O–H groups in total. The maximum atomic E-state index is 13.1. The fourth-order valence-electron chi connectivity index (χ4n) is 3.89. The Morgan fingerprint density at radius 3 is 2.40 bits per heavy atom. The van der Waals surface area contributed by atoms with Gasteiger partial charge in [-0.15, -0.1) is 0 Å². The SMILES string of the molecule is O=C(NC1CCNC2(CCC2)C1)C1CCC(F)(F)CC1. The second kappa shape index (κ2) is 5.24. The first-order chi connectivity index (χ1) is 9.48. The van der Waals surface area contributed by atoms with Crippen molar-refractivity contribution in [3.63, 3.8) is 0 Å². The lowest BCUT2D eigenvalue weighted by Crippen LogP contribution is -2.60. The van der Waals surface area contributed by atoms with Crippen molar-refractivity contribution in [3.05, 3.63) is 0 Å². The van der Waals surface area contributed by atoms with Crippen LogP contribution in [0.2, 0.25) is 0 Å². The Bertz CT molecular complexity index is 372. The highest BCUT2D eigenvalue weighted by Crippen LogP contribution is 2.39. The average molecular weight is 286 g/mol. The van der Waals surface area contributed by atoms with Gasteiger partial charge in [0.1, 0.15) is 0 Å². The van der Waals surface area contributed by atoms with Gasteiger partial charge < -0.3 is 10.6 Å². The highest BCUT2D eigenvalue weighted by Gasteiger charge is 2.42. The van der Waals surface area contributed by atoms with Crippen molar-refractivity contribution < 1.29 is 13.6 Å². The molecular formula is C15H24F2N2O. The van der Waals surface area contributed by atoms with E-state index in [4.69, 9.17) is 0 Å². The minimum atomic E-state index is -2.55. The molecule has 0 bridgehead atoms. The minimum absolute atomic E-state index is 0.00173. The Labute approximate surface area is 118 Å². The molecule has 1 unspecified atom stereocenters. The molecule has 3 nitrogen and oxygen atoms in total. The number of rotatable bonds is 2. The Morgan fingerprint density at radius 1 is 1.10 bits per heavy atom. The van der Waals surface area contributed by atoms with E-state index in [-0.39, 0.29) is 36.2 Å². The molecule has 3 rings (SSSR count). The van der Waals surface area contributed by atoms with Gasteiger partial charge in [0.2, 0.25) is 11.8 Å². The molecule has 1 aliphatic heterocycles. The summed E-state index contributed by atoms with van der Waals surface area (Å²) in [7, 11) is 0. The average Bonchev–Trinajstić information content (AvgIpc) is 2.37. The van der Waals surface area contributed by atoms with Gasteiger partial charge in [0.05, 0.1) is 0 Å². The molecule has 3 aliphatic rings. The number of nitrogens with one attached hydrogen (secondary N) is 2. The van der Waals surface area contributed by atoms with Gasteiger partial charge in [-0.1, -0.05) is 0 Å². The zero-order valence-electron chi connectivity index (χ0n) is 11.9. The summed E-state index contributed by atoms with van der Waals surface area (Å²) in [5.74, 6) is -2.76. The van der Waals surface area contributed by atoms with E-state index in [1.54, 1.807) is 0 Å². The van der Waals surface area contributed by atoms with Gasteiger partial charge in [-0.3, -0.25) is 4.79 Å². The monoisotopic (exact) mass is 286 g/mol. The van der Waals surface area contributed by atoms with Crippen LogP contribution in [-0.4, -0.2) is 30.0 Å². The fourth-order valence-corrected chi connectivity index (χ4v) is 3.89. The summed E-state index contributed by atoms with van der Waals surface area (Å²) in [4.78, 5) is 12.2. The molecule has 0 aromatic rings. The van der Waals surface area contributed by atoms with Gasteiger partial charge in [-0.25, -0.2) is 8.78 Å². The normalized spacial score (nSPS) is 32.6. The van der Waals surface area contributed by atoms with Crippen molar-refractivity contribution >= 4 is 5.91 Å². The van der Waals surface area contributed by atoms with Crippen molar-refractivity contribution in [2.24, 2.45) is 5.92 Å². The lowest BCUT2D eigenvalue weighted by Gasteiger charge is -2.48. The molecular weight excluding hydrogens is 262 g/mol. The van der Waals surface area contributed by atoms with E-state index in [0.717, 1.165) is 19.4 Å². The van der Waals surface area contributed by atoms with Gasteiger partial charge in [-0.05, 0) is 51.5 Å². The van der Waals surface area contributed by atoms with Crippen LogP contribution in [0.3, 0.4) is 0 Å². The van der Waals surface area contributed by atoms with Gasteiger partial charge in [0.25, 0.3) is 0 Å². The number of alkyl halides is 2. The van der Waals surface area contributed by atoms with E-state index in [0.29, 0.717) is 12.8 Å². The van der Waals surface area contributed by atoms with Crippen LogP contribution in [-0.2, 0) is 4.79 Å². The lowest BCUT2D eigenvalue weighted by molar-refractivity contribution is -0.130. The van der Waals surface area contributed by atoms with Gasteiger partial charge >= 0.3 is 0 Å². The Kier molecular flexibility index (Phi) is 3.73. The third kappa shape index (κ3) is 2.97. The van der Waals surface area contributed by atoms with Crippen molar-refractivity contribution in [2.75, 3.05) is 6.54 Å². The zero-order valence-corrected chi connectivity index (χ0v) is 11.9. The number of amides is 1. The minimum Gasteiger partial charge on any atom is -0.353 e. The summed E-state index contributed by atoms with van der Waals surface area (Å²) < 4.78 is 26.2. The summed E-state index contributed by atoms with van der Waals surface area (Å²) in [6.07, 6.45) is 6.01. The Morgan fingerprint density at radius 2 is 1.80 bits per heavy atom. The molecule has 5 heteroatoms. The predicted molar refractivity (Wildman–Crippen MR) is 72.7 cm³/mol. The summed E-state index contributed by atoms with van der Waals surface area (Å²) in [6.45, 7) is 0.952. The molecule has 0 radical (unpaired) electrons. The molecule has 1 atom stereocenters. The van der Waals surface area contributed by atoms with Crippen LogP contribution in [0.25, 0.3) is 0 Å². The first-order valence-electron chi connectivity index (χ1n) is 7.91. The molecule has 2 saturated carbocycles. The Balaban J connectivity index is 1.49. The van der Waals surface area contributed by atoms with Gasteiger partial charge in [0, 0.05) is 30.3 Å². The third-order valence-electron chi connectivity index (χ3n) is 5.37. The Hall–Kier alpha value is -0.710. The highest BCUT2D eigenvalue weighted by atomic mass is 19.3. The molecule has 114 valence electrons. The molecule has 3 fully saturated rings. The number of carbonyl (C=O) groups is 1.